The Bertz CT molecular complexity index is 557. The second-order valence-electron chi connectivity index (χ2n) is 5.47. The molecule has 110 valence electrons. The van der Waals surface area contributed by atoms with Crippen LogP contribution in [0.4, 0.5) is 5.69 Å². The smallest absolute Gasteiger partial charge is 0.287 e. The van der Waals surface area contributed by atoms with E-state index < -0.39 is 0 Å². The largest absolute Gasteiger partial charge is 0.379 e. The van der Waals surface area contributed by atoms with Gasteiger partial charge in [0.2, 0.25) is 0 Å². The second kappa shape index (κ2) is 5.58. The lowest BCUT2D eigenvalue weighted by Crippen LogP contribution is -2.44. The van der Waals surface area contributed by atoms with Gasteiger partial charge in [-0.05, 0) is 25.0 Å². The third kappa shape index (κ3) is 2.69. The predicted molar refractivity (Wildman–Crippen MR) is 81.8 cm³/mol. The molecule has 1 spiro atoms. The van der Waals surface area contributed by atoms with E-state index in [0.29, 0.717) is 5.69 Å². The Labute approximate surface area is 127 Å². The number of halogens is 1. The highest BCUT2D eigenvalue weighted by molar-refractivity contribution is 7.99. The van der Waals surface area contributed by atoms with Gasteiger partial charge in [-0.2, -0.15) is 16.9 Å². The van der Waals surface area contributed by atoms with E-state index in [1.54, 1.807) is 13.2 Å². The van der Waals surface area contributed by atoms with Gasteiger partial charge in [0.1, 0.15) is 5.02 Å². The number of ether oxygens (including phenoxy) is 1. The Morgan fingerprint density at radius 1 is 1.65 bits per heavy atom. The molecule has 1 aromatic heterocycles. The lowest BCUT2D eigenvalue weighted by atomic mass is 9.90. The number of aromatic nitrogens is 2. The van der Waals surface area contributed by atoms with Crippen LogP contribution in [-0.4, -0.2) is 39.5 Å². The maximum absolute atomic E-state index is 11.8. The normalized spacial score (nSPS) is 29.8. The molecule has 0 aliphatic carbocycles. The standard InChI is InChI=1S/C13H18ClN3O2S/c1-17-12(18)11(14)10(7-15-17)16-9-2-4-19-13(6-9)3-5-20-8-13/h7,9,16H,2-6,8H2,1H3/t9-,13+/m0/s1. The van der Waals surface area contributed by atoms with Gasteiger partial charge in [0, 0.05) is 25.4 Å². The molecule has 0 aromatic carbocycles. The van der Waals surface area contributed by atoms with Gasteiger partial charge in [0.05, 0.1) is 17.5 Å². The van der Waals surface area contributed by atoms with Crippen LogP contribution in [0.25, 0.3) is 0 Å². The third-order valence-electron chi connectivity index (χ3n) is 4.00. The molecule has 3 heterocycles. The maximum atomic E-state index is 11.8. The van der Waals surface area contributed by atoms with Gasteiger partial charge in [-0.25, -0.2) is 4.68 Å². The van der Waals surface area contributed by atoms with Crippen molar-refractivity contribution in [2.24, 2.45) is 7.05 Å². The van der Waals surface area contributed by atoms with E-state index in [2.05, 4.69) is 10.4 Å². The number of hydrogen-bond acceptors (Lipinski definition) is 5. The first kappa shape index (κ1) is 14.2. The lowest BCUT2D eigenvalue weighted by molar-refractivity contribution is -0.0628. The molecule has 2 aliphatic heterocycles. The van der Waals surface area contributed by atoms with Crippen LogP contribution in [0.5, 0.6) is 0 Å². The minimum atomic E-state index is -0.269. The average molecular weight is 316 g/mol. The topological polar surface area (TPSA) is 56.1 Å². The van der Waals surface area contributed by atoms with E-state index in [9.17, 15) is 4.79 Å². The van der Waals surface area contributed by atoms with Crippen LogP contribution in [0.2, 0.25) is 5.02 Å². The van der Waals surface area contributed by atoms with Crippen molar-refractivity contribution in [3.8, 4) is 0 Å². The third-order valence-corrected chi connectivity index (χ3v) is 5.59. The summed E-state index contributed by atoms with van der Waals surface area (Å²) in [6, 6.07) is 0.286. The molecule has 2 atom stereocenters. The highest BCUT2D eigenvalue weighted by Gasteiger charge is 2.40. The molecule has 1 aromatic rings. The minimum Gasteiger partial charge on any atom is -0.379 e. The van der Waals surface area contributed by atoms with Gasteiger partial charge in [-0.15, -0.1) is 0 Å². The Balaban J connectivity index is 1.74. The Morgan fingerprint density at radius 2 is 2.50 bits per heavy atom. The van der Waals surface area contributed by atoms with Crippen LogP contribution < -0.4 is 10.9 Å². The Hall–Kier alpha value is -0.720. The Kier molecular flexibility index (Phi) is 3.97. The molecule has 20 heavy (non-hydrogen) atoms. The molecule has 0 amide bonds. The molecular weight excluding hydrogens is 298 g/mol. The predicted octanol–water partition coefficient (Wildman–Crippen LogP) is 1.90. The zero-order valence-corrected chi connectivity index (χ0v) is 13.0. The van der Waals surface area contributed by atoms with Gasteiger partial charge in [0.15, 0.2) is 0 Å². The van der Waals surface area contributed by atoms with Gasteiger partial charge in [0.25, 0.3) is 5.56 Å². The van der Waals surface area contributed by atoms with Gasteiger partial charge in [-0.3, -0.25) is 4.79 Å². The summed E-state index contributed by atoms with van der Waals surface area (Å²) in [4.78, 5) is 11.8. The van der Waals surface area contributed by atoms with Crippen LogP contribution in [-0.2, 0) is 11.8 Å². The number of thioether (sulfide) groups is 1. The van der Waals surface area contributed by atoms with Crippen molar-refractivity contribution in [1.29, 1.82) is 0 Å². The van der Waals surface area contributed by atoms with Crippen molar-refractivity contribution in [3.05, 3.63) is 21.6 Å². The van der Waals surface area contributed by atoms with Gasteiger partial charge >= 0.3 is 0 Å². The molecule has 2 saturated heterocycles. The maximum Gasteiger partial charge on any atom is 0.287 e. The monoisotopic (exact) mass is 315 g/mol. The SMILES string of the molecule is Cn1ncc(N[C@H]2CCO[C@]3(CCSC3)C2)c(Cl)c1=O. The number of nitrogens with one attached hydrogen (secondary N) is 1. The van der Waals surface area contributed by atoms with Crippen LogP contribution in [0, 0.1) is 0 Å². The number of rotatable bonds is 2. The van der Waals surface area contributed by atoms with Crippen molar-refractivity contribution >= 4 is 29.1 Å². The van der Waals surface area contributed by atoms with Crippen LogP contribution >= 0.6 is 23.4 Å². The summed E-state index contributed by atoms with van der Waals surface area (Å²) in [5, 5.41) is 7.60. The van der Waals surface area contributed by atoms with Gasteiger partial charge in [-0.1, -0.05) is 11.6 Å². The van der Waals surface area contributed by atoms with E-state index >= 15 is 0 Å². The molecule has 5 nitrogen and oxygen atoms in total. The highest BCUT2D eigenvalue weighted by atomic mass is 35.5. The Morgan fingerprint density at radius 3 is 3.25 bits per heavy atom. The summed E-state index contributed by atoms with van der Waals surface area (Å²) >= 11 is 8.05. The first-order valence-electron chi connectivity index (χ1n) is 6.80. The summed E-state index contributed by atoms with van der Waals surface area (Å²) in [5.41, 5.74) is 0.373. The molecular formula is C13H18ClN3O2S. The summed E-state index contributed by atoms with van der Waals surface area (Å²) in [6.45, 7) is 0.758. The quantitative estimate of drug-likeness (QED) is 0.903. The summed E-state index contributed by atoms with van der Waals surface area (Å²) < 4.78 is 7.23. The van der Waals surface area contributed by atoms with Crippen molar-refractivity contribution < 1.29 is 4.74 Å². The number of hydrogen-bond donors (Lipinski definition) is 1. The van der Waals surface area contributed by atoms with Crippen molar-refractivity contribution in [2.75, 3.05) is 23.4 Å². The fraction of sp³-hybridized carbons (Fsp3) is 0.692. The summed E-state index contributed by atoms with van der Waals surface area (Å²) in [7, 11) is 1.59. The first-order valence-corrected chi connectivity index (χ1v) is 8.33. The molecule has 0 radical (unpaired) electrons. The first-order chi connectivity index (χ1) is 9.60. The van der Waals surface area contributed by atoms with E-state index in [1.807, 2.05) is 11.8 Å². The number of anilines is 1. The van der Waals surface area contributed by atoms with Crippen molar-refractivity contribution in [1.82, 2.24) is 9.78 Å². The van der Waals surface area contributed by atoms with E-state index in [4.69, 9.17) is 16.3 Å². The molecule has 3 rings (SSSR count). The molecule has 7 heteroatoms. The molecule has 1 N–H and O–H groups in total. The van der Waals surface area contributed by atoms with Crippen LogP contribution in [0.1, 0.15) is 19.3 Å². The van der Waals surface area contributed by atoms with E-state index in [-0.39, 0.29) is 22.2 Å². The van der Waals surface area contributed by atoms with E-state index in [0.717, 1.165) is 31.6 Å². The number of aryl methyl sites for hydroxylation is 1. The van der Waals surface area contributed by atoms with Crippen molar-refractivity contribution in [3.63, 3.8) is 0 Å². The van der Waals surface area contributed by atoms with Crippen molar-refractivity contribution in [2.45, 2.75) is 30.9 Å². The fourth-order valence-corrected chi connectivity index (χ4v) is 4.45. The average Bonchev–Trinajstić information content (AvgIpc) is 2.88. The zero-order chi connectivity index (χ0) is 14.2. The molecule has 0 unspecified atom stereocenters. The zero-order valence-electron chi connectivity index (χ0n) is 11.4. The second-order valence-corrected chi connectivity index (χ2v) is 6.95. The summed E-state index contributed by atoms with van der Waals surface area (Å²) in [6.07, 6.45) is 4.62. The van der Waals surface area contributed by atoms with E-state index in [1.165, 1.54) is 10.4 Å². The van der Waals surface area contributed by atoms with Crippen LogP contribution in [0.15, 0.2) is 11.0 Å². The molecule has 0 saturated carbocycles. The lowest BCUT2D eigenvalue weighted by Gasteiger charge is -2.38. The molecule has 0 bridgehead atoms. The van der Waals surface area contributed by atoms with Crippen LogP contribution in [0.3, 0.4) is 0 Å². The van der Waals surface area contributed by atoms with Gasteiger partial charge < -0.3 is 10.1 Å². The molecule has 2 fully saturated rings. The fourth-order valence-electron chi connectivity index (χ4n) is 2.85. The molecule has 2 aliphatic rings. The minimum absolute atomic E-state index is 0.0141. The summed E-state index contributed by atoms with van der Waals surface area (Å²) in [5.74, 6) is 2.23. The number of nitrogens with zero attached hydrogens (tertiary/aromatic N) is 2. The highest BCUT2D eigenvalue weighted by Crippen LogP contribution is 2.39.